The fourth-order valence-corrected chi connectivity index (χ4v) is 0.772. The second kappa shape index (κ2) is 14.2. The van der Waals surface area contributed by atoms with Crippen LogP contribution in [0.1, 0.15) is 33.5 Å². The molecule has 0 aliphatic carbocycles. The van der Waals surface area contributed by atoms with Crippen molar-refractivity contribution in [1.29, 1.82) is 0 Å². The van der Waals surface area contributed by atoms with Gasteiger partial charge in [0, 0.05) is 12.4 Å². The molecule has 0 saturated heterocycles. The molecule has 96 valence electrons. The van der Waals surface area contributed by atoms with Crippen molar-refractivity contribution in [3.05, 3.63) is 48.5 Å². The number of nitrogens with zero attached hydrogens (tertiary/aromatic N) is 1. The maximum absolute atomic E-state index is 8.63. The maximum atomic E-state index is 8.63. The van der Waals surface area contributed by atoms with Crippen LogP contribution in [-0.2, 0) is 0 Å². The van der Waals surface area contributed by atoms with Crippen LogP contribution in [0.2, 0.25) is 0 Å². The monoisotopic (exact) mass is 236 g/mol. The van der Waals surface area contributed by atoms with Gasteiger partial charge in [0.25, 0.3) is 0 Å². The number of aromatic hydroxyl groups is 1. The SMILES string of the molecule is CC.CC.Cc1ncc[nH]1.Oc1ccccc1. The van der Waals surface area contributed by atoms with Crippen LogP contribution in [0.3, 0.4) is 0 Å². The Morgan fingerprint density at radius 1 is 1.00 bits per heavy atom. The van der Waals surface area contributed by atoms with E-state index in [0.29, 0.717) is 5.75 Å². The first kappa shape index (κ1) is 17.6. The van der Waals surface area contributed by atoms with Crippen molar-refractivity contribution in [2.45, 2.75) is 34.6 Å². The van der Waals surface area contributed by atoms with Gasteiger partial charge in [0.1, 0.15) is 11.6 Å². The van der Waals surface area contributed by atoms with Crippen molar-refractivity contribution in [2.75, 3.05) is 0 Å². The summed E-state index contributed by atoms with van der Waals surface area (Å²) in [6, 6.07) is 8.71. The zero-order valence-electron chi connectivity index (χ0n) is 11.4. The van der Waals surface area contributed by atoms with Gasteiger partial charge in [-0.05, 0) is 19.1 Å². The third-order valence-electron chi connectivity index (χ3n) is 1.39. The van der Waals surface area contributed by atoms with Crippen LogP contribution in [-0.4, -0.2) is 15.1 Å². The van der Waals surface area contributed by atoms with E-state index >= 15 is 0 Å². The zero-order chi connectivity index (χ0) is 13.5. The van der Waals surface area contributed by atoms with Crippen LogP contribution in [0.4, 0.5) is 0 Å². The molecular formula is C14H24N2O. The van der Waals surface area contributed by atoms with E-state index < -0.39 is 0 Å². The summed E-state index contributed by atoms with van der Waals surface area (Å²) >= 11 is 0. The number of hydrogen-bond acceptors (Lipinski definition) is 2. The molecule has 0 atom stereocenters. The highest BCUT2D eigenvalue weighted by Crippen LogP contribution is 2.02. The maximum Gasteiger partial charge on any atom is 0.115 e. The minimum absolute atomic E-state index is 0.322. The molecule has 3 nitrogen and oxygen atoms in total. The van der Waals surface area contributed by atoms with Crippen molar-refractivity contribution < 1.29 is 5.11 Å². The quantitative estimate of drug-likeness (QED) is 0.721. The van der Waals surface area contributed by atoms with Crippen LogP contribution in [0.5, 0.6) is 5.75 Å². The molecule has 2 rings (SSSR count). The van der Waals surface area contributed by atoms with Gasteiger partial charge in [-0.1, -0.05) is 45.9 Å². The van der Waals surface area contributed by atoms with Crippen LogP contribution < -0.4 is 0 Å². The standard InChI is InChI=1S/C6H6O.C4H6N2.2C2H6/c7-6-4-2-1-3-5-6;1-4-5-2-3-6-4;2*1-2/h1-5,7H;2-3H,1H3,(H,5,6);2*1-2H3. The van der Waals surface area contributed by atoms with E-state index in [1.165, 1.54) is 0 Å². The van der Waals surface area contributed by atoms with E-state index in [9.17, 15) is 0 Å². The van der Waals surface area contributed by atoms with E-state index in [0.717, 1.165) is 5.82 Å². The Balaban J connectivity index is 0. The smallest absolute Gasteiger partial charge is 0.115 e. The molecule has 0 fully saturated rings. The summed E-state index contributed by atoms with van der Waals surface area (Å²) in [6.07, 6.45) is 3.53. The zero-order valence-corrected chi connectivity index (χ0v) is 11.4. The Hall–Kier alpha value is -1.77. The number of rotatable bonds is 0. The molecule has 0 aliphatic heterocycles. The molecule has 1 heterocycles. The number of aromatic amines is 1. The second-order valence-electron chi connectivity index (χ2n) is 2.51. The molecule has 0 radical (unpaired) electrons. The van der Waals surface area contributed by atoms with Gasteiger partial charge in [0.2, 0.25) is 0 Å². The molecule has 17 heavy (non-hydrogen) atoms. The molecule has 0 unspecified atom stereocenters. The Morgan fingerprint density at radius 2 is 1.53 bits per heavy atom. The first-order valence-electron chi connectivity index (χ1n) is 5.99. The summed E-state index contributed by atoms with van der Waals surface area (Å²) in [4.78, 5) is 6.75. The lowest BCUT2D eigenvalue weighted by Gasteiger charge is -1.82. The number of aryl methyl sites for hydroxylation is 1. The van der Waals surface area contributed by atoms with Gasteiger partial charge in [-0.25, -0.2) is 4.98 Å². The molecule has 0 bridgehead atoms. The fraction of sp³-hybridized carbons (Fsp3) is 0.357. The van der Waals surface area contributed by atoms with E-state index in [-0.39, 0.29) is 0 Å². The number of nitrogens with one attached hydrogen (secondary N) is 1. The molecule has 1 aromatic carbocycles. The summed E-state index contributed by atoms with van der Waals surface area (Å²) < 4.78 is 0. The van der Waals surface area contributed by atoms with Crippen molar-refractivity contribution >= 4 is 0 Å². The summed E-state index contributed by atoms with van der Waals surface area (Å²) in [7, 11) is 0. The summed E-state index contributed by atoms with van der Waals surface area (Å²) in [6.45, 7) is 9.92. The largest absolute Gasteiger partial charge is 0.508 e. The summed E-state index contributed by atoms with van der Waals surface area (Å²) in [5.74, 6) is 1.29. The molecule has 0 spiro atoms. The summed E-state index contributed by atoms with van der Waals surface area (Å²) in [5.41, 5.74) is 0. The highest BCUT2D eigenvalue weighted by Gasteiger charge is 1.75. The molecule has 0 amide bonds. The van der Waals surface area contributed by atoms with Crippen LogP contribution in [0.25, 0.3) is 0 Å². The topological polar surface area (TPSA) is 48.9 Å². The minimum atomic E-state index is 0.322. The van der Waals surface area contributed by atoms with E-state index in [1.807, 2.05) is 40.7 Å². The molecule has 2 aromatic rings. The van der Waals surface area contributed by atoms with Crippen LogP contribution in [0, 0.1) is 6.92 Å². The lowest BCUT2D eigenvalue weighted by atomic mass is 10.3. The molecular weight excluding hydrogens is 212 g/mol. The third-order valence-corrected chi connectivity index (χ3v) is 1.39. The Morgan fingerprint density at radius 3 is 1.71 bits per heavy atom. The molecule has 0 saturated carbocycles. The minimum Gasteiger partial charge on any atom is -0.508 e. The Kier molecular flexibility index (Phi) is 14.7. The number of para-hydroxylation sites is 1. The average molecular weight is 236 g/mol. The first-order valence-corrected chi connectivity index (χ1v) is 5.99. The van der Waals surface area contributed by atoms with Gasteiger partial charge in [-0.3, -0.25) is 0 Å². The van der Waals surface area contributed by atoms with E-state index in [2.05, 4.69) is 9.97 Å². The van der Waals surface area contributed by atoms with E-state index in [4.69, 9.17) is 5.11 Å². The normalized spacial score (nSPS) is 7.35. The predicted molar refractivity (Wildman–Crippen MR) is 74.1 cm³/mol. The number of phenols is 1. The lowest BCUT2D eigenvalue weighted by molar-refractivity contribution is 0.475. The van der Waals surface area contributed by atoms with Gasteiger partial charge in [0.05, 0.1) is 0 Å². The Labute approximate surface area is 105 Å². The highest BCUT2D eigenvalue weighted by molar-refractivity contribution is 5.18. The number of hydrogen-bond donors (Lipinski definition) is 2. The number of imidazole rings is 1. The van der Waals surface area contributed by atoms with Gasteiger partial charge in [-0.2, -0.15) is 0 Å². The highest BCUT2D eigenvalue weighted by atomic mass is 16.3. The van der Waals surface area contributed by atoms with Gasteiger partial charge >= 0.3 is 0 Å². The van der Waals surface area contributed by atoms with Crippen molar-refractivity contribution in [1.82, 2.24) is 9.97 Å². The first-order chi connectivity index (χ1) is 8.29. The van der Waals surface area contributed by atoms with Crippen molar-refractivity contribution in [3.63, 3.8) is 0 Å². The van der Waals surface area contributed by atoms with Gasteiger partial charge in [0.15, 0.2) is 0 Å². The number of benzene rings is 1. The van der Waals surface area contributed by atoms with Gasteiger partial charge < -0.3 is 10.1 Å². The third kappa shape index (κ3) is 12.2. The van der Waals surface area contributed by atoms with Crippen LogP contribution in [0.15, 0.2) is 42.7 Å². The number of aromatic nitrogens is 2. The predicted octanol–water partition coefficient (Wildman–Crippen LogP) is 4.16. The fourth-order valence-electron chi connectivity index (χ4n) is 0.772. The molecule has 2 N–H and O–H groups in total. The molecule has 1 aromatic heterocycles. The van der Waals surface area contributed by atoms with Crippen LogP contribution >= 0.6 is 0 Å². The van der Waals surface area contributed by atoms with E-state index in [1.54, 1.807) is 36.7 Å². The second-order valence-corrected chi connectivity index (χ2v) is 2.51. The molecule has 3 heteroatoms. The Bertz CT molecular complexity index is 317. The molecule has 0 aliphatic rings. The van der Waals surface area contributed by atoms with Gasteiger partial charge in [-0.15, -0.1) is 0 Å². The number of phenolic OH excluding ortho intramolecular Hbond substituents is 1. The van der Waals surface area contributed by atoms with Crippen molar-refractivity contribution in [2.24, 2.45) is 0 Å². The lowest BCUT2D eigenvalue weighted by Crippen LogP contribution is -1.66. The average Bonchev–Trinajstić information content (AvgIpc) is 2.87. The number of H-pyrrole nitrogens is 1. The summed E-state index contributed by atoms with van der Waals surface area (Å²) in [5, 5.41) is 8.63. The van der Waals surface area contributed by atoms with Crippen molar-refractivity contribution in [3.8, 4) is 5.75 Å².